The molecular weight excluding hydrogens is 242 g/mol. The molecule has 0 saturated carbocycles. The fourth-order valence-electron chi connectivity index (χ4n) is 1.23. The van der Waals surface area contributed by atoms with Gasteiger partial charge >= 0.3 is 5.97 Å². The molecule has 7 nitrogen and oxygen atoms in total. The van der Waals surface area contributed by atoms with Crippen molar-refractivity contribution < 1.29 is 23.9 Å². The van der Waals surface area contributed by atoms with Gasteiger partial charge < -0.3 is 14.2 Å². The first kappa shape index (κ1) is 13.8. The van der Waals surface area contributed by atoms with Gasteiger partial charge in [0.15, 0.2) is 11.5 Å². The van der Waals surface area contributed by atoms with Crippen molar-refractivity contribution in [3.8, 4) is 11.5 Å². The Bertz CT molecular complexity index is 445. The van der Waals surface area contributed by atoms with Crippen LogP contribution in [0.25, 0.3) is 0 Å². The summed E-state index contributed by atoms with van der Waals surface area (Å²) >= 11 is 0. The van der Waals surface area contributed by atoms with Gasteiger partial charge in [-0.05, 0) is 6.07 Å². The zero-order chi connectivity index (χ0) is 13.5. The van der Waals surface area contributed by atoms with E-state index in [-0.39, 0.29) is 24.7 Å². The number of methoxy groups -OCH3 is 1. The molecule has 1 aromatic rings. The van der Waals surface area contributed by atoms with Crippen molar-refractivity contribution in [2.75, 3.05) is 20.3 Å². The molecular formula is C11H13NO6. The Balaban J connectivity index is 2.69. The van der Waals surface area contributed by atoms with Crippen LogP contribution in [0.5, 0.6) is 11.5 Å². The summed E-state index contributed by atoms with van der Waals surface area (Å²) < 4.78 is 14.9. The topological polar surface area (TPSA) is 87.9 Å². The highest BCUT2D eigenvalue weighted by molar-refractivity contribution is 5.65. The van der Waals surface area contributed by atoms with E-state index in [1.807, 2.05) is 0 Å². The van der Waals surface area contributed by atoms with Crippen LogP contribution < -0.4 is 9.47 Å². The molecule has 0 heterocycles. The lowest BCUT2D eigenvalue weighted by Crippen LogP contribution is -2.10. The number of benzene rings is 1. The van der Waals surface area contributed by atoms with E-state index in [1.54, 1.807) is 0 Å². The first-order valence-corrected chi connectivity index (χ1v) is 5.13. The molecule has 98 valence electrons. The van der Waals surface area contributed by atoms with Crippen LogP contribution in [0.15, 0.2) is 18.2 Å². The first-order chi connectivity index (χ1) is 8.54. The number of nitro benzene ring substituents is 1. The second-order valence-corrected chi connectivity index (χ2v) is 3.28. The number of carbonyl (C=O) groups excluding carboxylic acids is 1. The van der Waals surface area contributed by atoms with E-state index in [1.165, 1.54) is 32.2 Å². The summed E-state index contributed by atoms with van der Waals surface area (Å²) in [7, 11) is 1.43. The average molecular weight is 255 g/mol. The number of non-ortho nitro benzene ring substituents is 1. The van der Waals surface area contributed by atoms with Gasteiger partial charge in [-0.15, -0.1) is 0 Å². The molecule has 0 radical (unpaired) electrons. The number of ether oxygens (including phenoxy) is 3. The SMILES string of the molecule is COc1ccc([N+](=O)[O-])cc1OCCOC(C)=O. The monoisotopic (exact) mass is 255 g/mol. The maximum absolute atomic E-state index is 10.6. The van der Waals surface area contributed by atoms with Crippen LogP contribution in [0.4, 0.5) is 5.69 Å². The average Bonchev–Trinajstić information content (AvgIpc) is 2.34. The molecule has 0 spiro atoms. The van der Waals surface area contributed by atoms with Crippen molar-refractivity contribution in [3.05, 3.63) is 28.3 Å². The van der Waals surface area contributed by atoms with Gasteiger partial charge in [0.05, 0.1) is 18.1 Å². The summed E-state index contributed by atoms with van der Waals surface area (Å²) in [6.45, 7) is 1.45. The molecule has 0 aliphatic carbocycles. The van der Waals surface area contributed by atoms with Crippen LogP contribution >= 0.6 is 0 Å². The summed E-state index contributed by atoms with van der Waals surface area (Å²) in [6.07, 6.45) is 0. The van der Waals surface area contributed by atoms with E-state index in [0.29, 0.717) is 5.75 Å². The Morgan fingerprint density at radius 2 is 2.06 bits per heavy atom. The van der Waals surface area contributed by atoms with E-state index >= 15 is 0 Å². The standard InChI is InChI=1S/C11H13NO6/c1-8(13)17-5-6-18-11-7-9(12(14)15)3-4-10(11)16-2/h3-4,7H,5-6H2,1-2H3. The molecule has 0 N–H and O–H groups in total. The number of hydrogen-bond donors (Lipinski definition) is 0. The van der Waals surface area contributed by atoms with Gasteiger partial charge in [-0.3, -0.25) is 14.9 Å². The molecule has 18 heavy (non-hydrogen) atoms. The zero-order valence-corrected chi connectivity index (χ0v) is 10.0. The van der Waals surface area contributed by atoms with Gasteiger partial charge in [-0.1, -0.05) is 0 Å². The van der Waals surface area contributed by atoms with E-state index < -0.39 is 10.9 Å². The second kappa shape index (κ2) is 6.43. The fourth-order valence-corrected chi connectivity index (χ4v) is 1.23. The van der Waals surface area contributed by atoms with Crippen molar-refractivity contribution in [2.45, 2.75) is 6.92 Å². The lowest BCUT2D eigenvalue weighted by atomic mass is 10.3. The van der Waals surface area contributed by atoms with Crippen molar-refractivity contribution in [2.24, 2.45) is 0 Å². The second-order valence-electron chi connectivity index (χ2n) is 3.28. The van der Waals surface area contributed by atoms with Crippen LogP contribution in [-0.2, 0) is 9.53 Å². The molecule has 0 atom stereocenters. The molecule has 0 aromatic heterocycles. The van der Waals surface area contributed by atoms with Crippen molar-refractivity contribution in [3.63, 3.8) is 0 Å². The third-order valence-electron chi connectivity index (χ3n) is 2.00. The Morgan fingerprint density at radius 3 is 2.61 bits per heavy atom. The van der Waals surface area contributed by atoms with Crippen LogP contribution in [0.2, 0.25) is 0 Å². The van der Waals surface area contributed by atoms with Gasteiger partial charge in [0.1, 0.15) is 13.2 Å². The maximum Gasteiger partial charge on any atom is 0.302 e. The molecule has 0 amide bonds. The Hall–Kier alpha value is -2.31. The van der Waals surface area contributed by atoms with Gasteiger partial charge in [0.2, 0.25) is 0 Å². The molecule has 0 fully saturated rings. The number of rotatable bonds is 6. The summed E-state index contributed by atoms with van der Waals surface area (Å²) in [4.78, 5) is 20.6. The number of nitrogens with zero attached hydrogens (tertiary/aromatic N) is 1. The van der Waals surface area contributed by atoms with E-state index in [2.05, 4.69) is 4.74 Å². The summed E-state index contributed by atoms with van der Waals surface area (Å²) in [6, 6.07) is 4.02. The summed E-state index contributed by atoms with van der Waals surface area (Å²) in [5.41, 5.74) is -0.0988. The lowest BCUT2D eigenvalue weighted by molar-refractivity contribution is -0.385. The zero-order valence-electron chi connectivity index (χ0n) is 10.0. The number of hydrogen-bond acceptors (Lipinski definition) is 6. The molecule has 0 aliphatic rings. The van der Waals surface area contributed by atoms with Crippen molar-refractivity contribution in [1.29, 1.82) is 0 Å². The highest BCUT2D eigenvalue weighted by Crippen LogP contribution is 2.30. The maximum atomic E-state index is 10.6. The van der Waals surface area contributed by atoms with E-state index in [9.17, 15) is 14.9 Å². The van der Waals surface area contributed by atoms with Crippen molar-refractivity contribution >= 4 is 11.7 Å². The first-order valence-electron chi connectivity index (χ1n) is 5.13. The lowest BCUT2D eigenvalue weighted by Gasteiger charge is -2.10. The number of esters is 1. The smallest absolute Gasteiger partial charge is 0.302 e. The molecule has 1 rings (SSSR count). The predicted molar refractivity (Wildman–Crippen MR) is 61.8 cm³/mol. The Labute approximate surface area is 103 Å². The van der Waals surface area contributed by atoms with E-state index in [4.69, 9.17) is 9.47 Å². The molecule has 0 aliphatic heterocycles. The fraction of sp³-hybridized carbons (Fsp3) is 0.364. The van der Waals surface area contributed by atoms with Gasteiger partial charge in [0, 0.05) is 13.0 Å². The summed E-state index contributed by atoms with van der Waals surface area (Å²) in [5.74, 6) is 0.201. The minimum atomic E-state index is -0.529. The van der Waals surface area contributed by atoms with Gasteiger partial charge in [-0.25, -0.2) is 0 Å². The van der Waals surface area contributed by atoms with Gasteiger partial charge in [0.25, 0.3) is 5.69 Å². The number of carbonyl (C=O) groups is 1. The van der Waals surface area contributed by atoms with Crippen LogP contribution in [0.3, 0.4) is 0 Å². The molecule has 0 unspecified atom stereocenters. The molecule has 1 aromatic carbocycles. The highest BCUT2D eigenvalue weighted by atomic mass is 16.6. The predicted octanol–water partition coefficient (Wildman–Crippen LogP) is 1.55. The van der Waals surface area contributed by atoms with Gasteiger partial charge in [-0.2, -0.15) is 0 Å². The minimum absolute atomic E-state index is 0.0706. The molecule has 0 saturated heterocycles. The normalized spacial score (nSPS) is 9.67. The minimum Gasteiger partial charge on any atom is -0.493 e. The summed E-state index contributed by atoms with van der Waals surface area (Å²) in [5, 5.41) is 10.6. The highest BCUT2D eigenvalue weighted by Gasteiger charge is 2.12. The van der Waals surface area contributed by atoms with Crippen LogP contribution in [0.1, 0.15) is 6.92 Å². The van der Waals surface area contributed by atoms with Crippen LogP contribution in [-0.4, -0.2) is 31.2 Å². The van der Waals surface area contributed by atoms with Crippen LogP contribution in [0, 0.1) is 10.1 Å². The molecule has 7 heteroatoms. The largest absolute Gasteiger partial charge is 0.493 e. The van der Waals surface area contributed by atoms with E-state index in [0.717, 1.165) is 0 Å². The Morgan fingerprint density at radius 1 is 1.33 bits per heavy atom. The number of nitro groups is 1. The Kier molecular flexibility index (Phi) is 4.91. The third-order valence-corrected chi connectivity index (χ3v) is 2.00. The van der Waals surface area contributed by atoms with Crippen molar-refractivity contribution in [1.82, 2.24) is 0 Å². The quantitative estimate of drug-likeness (QED) is 0.331. The molecule has 0 bridgehead atoms. The third kappa shape index (κ3) is 3.93.